The van der Waals surface area contributed by atoms with E-state index in [0.29, 0.717) is 19.1 Å². The van der Waals surface area contributed by atoms with Crippen LogP contribution in [0.3, 0.4) is 0 Å². The van der Waals surface area contributed by atoms with Crippen molar-refractivity contribution in [3.05, 3.63) is 72.1 Å². The van der Waals surface area contributed by atoms with Crippen molar-refractivity contribution in [2.24, 2.45) is 18.9 Å². The average molecular weight is 523 g/mol. The van der Waals surface area contributed by atoms with Gasteiger partial charge in [-0.25, -0.2) is 18.1 Å². The second kappa shape index (κ2) is 11.5. The van der Waals surface area contributed by atoms with E-state index in [1.54, 1.807) is 0 Å². The summed E-state index contributed by atoms with van der Waals surface area (Å²) in [4.78, 5) is 6.84. The molecule has 1 unspecified atom stereocenters. The Morgan fingerprint density at radius 2 is 1.95 bits per heavy atom. The number of nitrogens with zero attached hydrogens (tertiary/aromatic N) is 3. The number of likely N-dealkylation sites (tertiary alicyclic amines) is 1. The molecule has 198 valence electrons. The molecule has 1 fully saturated rings. The summed E-state index contributed by atoms with van der Waals surface area (Å²) in [6.45, 7) is 3.87. The van der Waals surface area contributed by atoms with Crippen LogP contribution in [0.2, 0.25) is 0 Å². The SMILES string of the molecule is Cn1cnc2ccc(C3=CCC(COC[C@@H]4CN(Cc5ccccc5)CC[C@@H]4NS(C)(=O)=O)CC3)cc21. The van der Waals surface area contributed by atoms with Crippen LogP contribution < -0.4 is 4.72 Å². The van der Waals surface area contributed by atoms with E-state index in [2.05, 4.69) is 67.7 Å². The number of hydrogen-bond donors (Lipinski definition) is 1. The van der Waals surface area contributed by atoms with Gasteiger partial charge in [0.25, 0.3) is 0 Å². The van der Waals surface area contributed by atoms with Crippen molar-refractivity contribution >= 4 is 26.6 Å². The molecule has 0 bridgehead atoms. The summed E-state index contributed by atoms with van der Waals surface area (Å²) in [5.41, 5.74) is 6.16. The molecule has 1 saturated heterocycles. The van der Waals surface area contributed by atoms with Gasteiger partial charge in [0.1, 0.15) is 0 Å². The maximum absolute atomic E-state index is 12.0. The van der Waals surface area contributed by atoms with Gasteiger partial charge in [0.05, 0.1) is 30.2 Å². The highest BCUT2D eigenvalue weighted by atomic mass is 32.2. The topological polar surface area (TPSA) is 76.5 Å². The number of nitrogens with one attached hydrogen (secondary N) is 1. The Kier molecular flexibility index (Phi) is 8.09. The van der Waals surface area contributed by atoms with E-state index in [0.717, 1.165) is 56.4 Å². The van der Waals surface area contributed by atoms with Gasteiger partial charge in [-0.3, -0.25) is 4.90 Å². The maximum atomic E-state index is 12.0. The highest BCUT2D eigenvalue weighted by Crippen LogP contribution is 2.32. The van der Waals surface area contributed by atoms with Crippen molar-refractivity contribution in [2.45, 2.75) is 38.3 Å². The van der Waals surface area contributed by atoms with E-state index in [-0.39, 0.29) is 12.0 Å². The fourth-order valence-electron chi connectivity index (χ4n) is 5.71. The largest absolute Gasteiger partial charge is 0.381 e. The zero-order chi connectivity index (χ0) is 25.8. The second-order valence-electron chi connectivity index (χ2n) is 10.7. The van der Waals surface area contributed by atoms with Crippen molar-refractivity contribution < 1.29 is 13.2 Å². The third-order valence-corrected chi connectivity index (χ3v) is 8.46. The fraction of sp³-hybridized carbons (Fsp3) is 0.483. The van der Waals surface area contributed by atoms with Crippen LogP contribution in [0.25, 0.3) is 16.6 Å². The van der Waals surface area contributed by atoms with Crippen LogP contribution in [-0.2, 0) is 28.4 Å². The number of aryl methyl sites for hydroxylation is 1. The number of fused-ring (bicyclic) bond motifs is 1. The van der Waals surface area contributed by atoms with Gasteiger partial charge in [-0.2, -0.15) is 0 Å². The summed E-state index contributed by atoms with van der Waals surface area (Å²) in [6.07, 6.45) is 9.43. The minimum atomic E-state index is -3.26. The van der Waals surface area contributed by atoms with E-state index in [4.69, 9.17) is 4.74 Å². The summed E-state index contributed by atoms with van der Waals surface area (Å²) < 4.78 is 35.2. The molecule has 2 heterocycles. The van der Waals surface area contributed by atoms with E-state index in [1.165, 1.54) is 23.0 Å². The number of ether oxygens (including phenoxy) is 1. The van der Waals surface area contributed by atoms with Crippen LogP contribution in [0.1, 0.15) is 36.8 Å². The highest BCUT2D eigenvalue weighted by molar-refractivity contribution is 7.88. The average Bonchev–Trinajstić information content (AvgIpc) is 3.26. The summed E-state index contributed by atoms with van der Waals surface area (Å²) in [5, 5.41) is 0. The quantitative estimate of drug-likeness (QED) is 0.456. The van der Waals surface area contributed by atoms with E-state index in [9.17, 15) is 8.42 Å². The van der Waals surface area contributed by atoms with Crippen LogP contribution in [0, 0.1) is 11.8 Å². The molecule has 0 saturated carbocycles. The molecule has 0 amide bonds. The Labute approximate surface area is 220 Å². The first kappa shape index (κ1) is 26.1. The molecule has 7 nitrogen and oxygen atoms in total. The van der Waals surface area contributed by atoms with Crippen LogP contribution in [0.5, 0.6) is 0 Å². The Hall–Kier alpha value is -2.52. The van der Waals surface area contributed by atoms with Gasteiger partial charge in [0, 0.05) is 45.2 Å². The lowest BCUT2D eigenvalue weighted by Gasteiger charge is -2.38. The molecular formula is C29H38N4O3S. The number of rotatable bonds is 9. The van der Waals surface area contributed by atoms with Gasteiger partial charge >= 0.3 is 0 Å². The number of aromatic nitrogens is 2. The molecule has 1 N–H and O–H groups in total. The molecule has 2 aliphatic rings. The first-order chi connectivity index (χ1) is 17.8. The number of benzene rings is 2. The Morgan fingerprint density at radius 1 is 1.11 bits per heavy atom. The molecule has 0 spiro atoms. The van der Waals surface area contributed by atoms with Crippen molar-refractivity contribution in [3.63, 3.8) is 0 Å². The monoisotopic (exact) mass is 522 g/mol. The smallest absolute Gasteiger partial charge is 0.208 e. The van der Waals surface area contributed by atoms with Gasteiger partial charge in [0.2, 0.25) is 10.0 Å². The molecule has 8 heteroatoms. The van der Waals surface area contributed by atoms with Gasteiger partial charge in [0.15, 0.2) is 0 Å². The second-order valence-corrected chi connectivity index (χ2v) is 12.5. The third kappa shape index (κ3) is 6.87. The lowest BCUT2D eigenvalue weighted by molar-refractivity contribution is 0.0282. The lowest BCUT2D eigenvalue weighted by atomic mass is 9.87. The molecule has 37 heavy (non-hydrogen) atoms. The summed E-state index contributed by atoms with van der Waals surface area (Å²) in [7, 11) is -1.23. The predicted molar refractivity (Wildman–Crippen MR) is 148 cm³/mol. The third-order valence-electron chi connectivity index (χ3n) is 7.73. The van der Waals surface area contributed by atoms with Crippen LogP contribution in [-0.4, -0.2) is 61.5 Å². The Bertz CT molecular complexity index is 1340. The number of sulfonamides is 1. The molecule has 2 aromatic carbocycles. The van der Waals surface area contributed by atoms with Crippen LogP contribution >= 0.6 is 0 Å². The number of imidazole rings is 1. The molecule has 3 atom stereocenters. The fourth-order valence-corrected chi connectivity index (χ4v) is 6.57. The molecule has 5 rings (SSSR count). The van der Waals surface area contributed by atoms with Crippen molar-refractivity contribution in [1.29, 1.82) is 0 Å². The van der Waals surface area contributed by atoms with Crippen molar-refractivity contribution in [3.8, 4) is 0 Å². The van der Waals surface area contributed by atoms with Gasteiger partial charge in [-0.15, -0.1) is 0 Å². The van der Waals surface area contributed by atoms with Gasteiger partial charge in [-0.05, 0) is 60.4 Å². The number of piperidine rings is 1. The zero-order valence-electron chi connectivity index (χ0n) is 21.8. The zero-order valence-corrected chi connectivity index (χ0v) is 22.7. The summed E-state index contributed by atoms with van der Waals surface area (Å²) in [5.74, 6) is 0.627. The number of hydrogen-bond acceptors (Lipinski definition) is 5. The van der Waals surface area contributed by atoms with Crippen molar-refractivity contribution in [1.82, 2.24) is 19.2 Å². The number of allylic oxidation sites excluding steroid dienone is 2. The van der Waals surface area contributed by atoms with Crippen molar-refractivity contribution in [2.75, 3.05) is 32.6 Å². The minimum absolute atomic E-state index is 0.0817. The van der Waals surface area contributed by atoms with E-state index >= 15 is 0 Å². The Morgan fingerprint density at radius 3 is 2.70 bits per heavy atom. The Balaban J connectivity index is 1.15. The molecule has 3 aromatic rings. The first-order valence-corrected chi connectivity index (χ1v) is 15.1. The highest BCUT2D eigenvalue weighted by Gasteiger charge is 2.31. The van der Waals surface area contributed by atoms with E-state index < -0.39 is 10.0 Å². The molecule has 1 aliphatic heterocycles. The molecule has 1 aromatic heterocycles. The van der Waals surface area contributed by atoms with Gasteiger partial charge < -0.3 is 9.30 Å². The first-order valence-electron chi connectivity index (χ1n) is 13.3. The van der Waals surface area contributed by atoms with Crippen LogP contribution in [0.4, 0.5) is 0 Å². The van der Waals surface area contributed by atoms with E-state index in [1.807, 2.05) is 19.4 Å². The summed E-state index contributed by atoms with van der Waals surface area (Å²) >= 11 is 0. The molecule has 1 aliphatic carbocycles. The standard InChI is InChI=1S/C29H38N4O3S/c1-32-21-30-28-13-12-25(16-29(28)32)24-10-8-23(9-11-24)19-36-20-26-18-33(17-22-6-4-3-5-7-22)15-14-27(26)31-37(2,34)35/h3-7,10,12-13,16,21,23,26-27,31H,8-9,11,14-15,17-20H2,1-2H3/t23?,26-,27-/m0/s1. The molecule has 0 radical (unpaired) electrons. The van der Waals surface area contributed by atoms with Gasteiger partial charge in [-0.1, -0.05) is 42.5 Å². The normalized spacial score (nSPS) is 23.3. The predicted octanol–water partition coefficient (Wildman–Crippen LogP) is 4.21. The lowest BCUT2D eigenvalue weighted by Crippen LogP contribution is -2.52. The summed E-state index contributed by atoms with van der Waals surface area (Å²) in [6, 6.07) is 16.9. The maximum Gasteiger partial charge on any atom is 0.208 e. The minimum Gasteiger partial charge on any atom is -0.381 e. The molecular weight excluding hydrogens is 484 g/mol. The van der Waals surface area contributed by atoms with Crippen LogP contribution in [0.15, 0.2) is 60.9 Å².